The molecule has 2 aliphatic rings. The van der Waals surface area contributed by atoms with Gasteiger partial charge in [0, 0.05) is 24.7 Å². The molecule has 1 saturated carbocycles. The minimum absolute atomic E-state index is 0.0304. The number of carbonyl (C=O) groups is 1. The van der Waals surface area contributed by atoms with E-state index in [1.54, 1.807) is 18.2 Å². The van der Waals surface area contributed by atoms with E-state index in [0.29, 0.717) is 17.3 Å². The molecule has 2 fully saturated rings. The molecule has 6 nitrogen and oxygen atoms in total. The van der Waals surface area contributed by atoms with E-state index in [1.165, 1.54) is 12.8 Å². The quantitative estimate of drug-likeness (QED) is 0.808. The lowest BCUT2D eigenvalue weighted by Crippen LogP contribution is -2.45. The summed E-state index contributed by atoms with van der Waals surface area (Å²) in [6.07, 6.45) is 5.75. The molecule has 7 heteroatoms. The number of sulfonamides is 1. The van der Waals surface area contributed by atoms with E-state index in [1.807, 2.05) is 11.8 Å². The highest BCUT2D eigenvalue weighted by Crippen LogP contribution is 2.28. The van der Waals surface area contributed by atoms with Crippen molar-refractivity contribution in [3.05, 3.63) is 29.3 Å². The van der Waals surface area contributed by atoms with Crippen LogP contribution < -0.4 is 10.0 Å². The SMILES string of the molecule is Cc1ccc(C(=O)N2CCC(NCC3CC3)CC2)cc1NS(C)(=O)=O. The normalized spacial score (nSPS) is 19.0. The first-order valence-electron chi connectivity index (χ1n) is 8.93. The Balaban J connectivity index is 1.60. The van der Waals surface area contributed by atoms with Crippen LogP contribution in [0, 0.1) is 12.8 Å². The summed E-state index contributed by atoms with van der Waals surface area (Å²) in [6.45, 7) is 4.41. The van der Waals surface area contributed by atoms with Crippen LogP contribution in [0.2, 0.25) is 0 Å². The molecule has 0 spiro atoms. The van der Waals surface area contributed by atoms with Crippen molar-refractivity contribution in [1.82, 2.24) is 10.2 Å². The first kappa shape index (κ1) is 18.2. The summed E-state index contributed by atoms with van der Waals surface area (Å²) in [7, 11) is -3.37. The van der Waals surface area contributed by atoms with Gasteiger partial charge in [-0.3, -0.25) is 9.52 Å². The lowest BCUT2D eigenvalue weighted by atomic mass is 10.0. The minimum atomic E-state index is -3.37. The fourth-order valence-electron chi connectivity index (χ4n) is 3.19. The third kappa shape index (κ3) is 5.19. The number of hydrogen-bond acceptors (Lipinski definition) is 4. The van der Waals surface area contributed by atoms with Crippen LogP contribution >= 0.6 is 0 Å². The molecular formula is C18H27N3O3S. The van der Waals surface area contributed by atoms with Gasteiger partial charge >= 0.3 is 0 Å². The van der Waals surface area contributed by atoms with Gasteiger partial charge in [0.05, 0.1) is 11.9 Å². The van der Waals surface area contributed by atoms with E-state index < -0.39 is 10.0 Å². The zero-order valence-electron chi connectivity index (χ0n) is 14.9. The third-order valence-corrected chi connectivity index (χ3v) is 5.54. The lowest BCUT2D eigenvalue weighted by molar-refractivity contribution is 0.0705. The molecule has 138 valence electrons. The second kappa shape index (κ2) is 7.33. The van der Waals surface area contributed by atoms with Crippen LogP contribution in [0.1, 0.15) is 41.6 Å². The van der Waals surface area contributed by atoms with Crippen molar-refractivity contribution in [3.63, 3.8) is 0 Å². The van der Waals surface area contributed by atoms with Crippen LogP contribution in [0.25, 0.3) is 0 Å². The van der Waals surface area contributed by atoms with Gasteiger partial charge in [0.1, 0.15) is 0 Å². The average Bonchev–Trinajstić information content (AvgIpc) is 3.38. The minimum Gasteiger partial charge on any atom is -0.339 e. The molecule has 1 aliphatic carbocycles. The van der Waals surface area contributed by atoms with Crippen LogP contribution in [0.4, 0.5) is 5.69 Å². The Hall–Kier alpha value is -1.60. The zero-order valence-corrected chi connectivity index (χ0v) is 15.7. The fraction of sp³-hybridized carbons (Fsp3) is 0.611. The standard InChI is InChI=1S/C18H27N3O3S/c1-13-3-6-15(11-17(13)20-25(2,23)24)18(22)21-9-7-16(8-10-21)19-12-14-4-5-14/h3,6,11,14,16,19-20H,4-5,7-10,12H2,1-2H3. The van der Waals surface area contributed by atoms with Crippen LogP contribution in [-0.4, -0.2) is 51.2 Å². The van der Waals surface area contributed by atoms with Gasteiger partial charge in [-0.25, -0.2) is 8.42 Å². The summed E-state index contributed by atoms with van der Waals surface area (Å²) in [5.41, 5.74) is 1.79. The number of aryl methyl sites for hydroxylation is 1. The molecule has 0 bridgehead atoms. The van der Waals surface area contributed by atoms with Crippen molar-refractivity contribution < 1.29 is 13.2 Å². The fourth-order valence-corrected chi connectivity index (χ4v) is 3.81. The van der Waals surface area contributed by atoms with Crippen molar-refractivity contribution >= 4 is 21.6 Å². The number of benzene rings is 1. The van der Waals surface area contributed by atoms with Gasteiger partial charge < -0.3 is 10.2 Å². The first-order valence-corrected chi connectivity index (χ1v) is 10.8. The van der Waals surface area contributed by atoms with Crippen molar-refractivity contribution in [2.45, 2.75) is 38.6 Å². The molecule has 0 radical (unpaired) electrons. The maximum absolute atomic E-state index is 12.7. The second-order valence-electron chi connectivity index (χ2n) is 7.32. The largest absolute Gasteiger partial charge is 0.339 e. The van der Waals surface area contributed by atoms with Crippen LogP contribution in [0.15, 0.2) is 18.2 Å². The molecule has 1 aromatic rings. The number of nitrogens with zero attached hydrogens (tertiary/aromatic N) is 1. The summed E-state index contributed by atoms with van der Waals surface area (Å²) in [6, 6.07) is 5.69. The Bertz CT molecular complexity index is 736. The lowest BCUT2D eigenvalue weighted by Gasteiger charge is -2.32. The van der Waals surface area contributed by atoms with E-state index in [4.69, 9.17) is 0 Å². The van der Waals surface area contributed by atoms with Gasteiger partial charge in [-0.05, 0) is 62.8 Å². The average molecular weight is 365 g/mol. The van der Waals surface area contributed by atoms with Gasteiger partial charge in [-0.15, -0.1) is 0 Å². The molecule has 25 heavy (non-hydrogen) atoms. The summed E-state index contributed by atoms with van der Waals surface area (Å²) < 4.78 is 25.4. The number of rotatable bonds is 6. The van der Waals surface area contributed by atoms with Crippen LogP contribution in [-0.2, 0) is 10.0 Å². The molecule has 1 amide bonds. The van der Waals surface area contributed by atoms with Crippen molar-refractivity contribution in [2.75, 3.05) is 30.6 Å². The number of likely N-dealkylation sites (tertiary alicyclic amines) is 1. The summed E-state index contributed by atoms with van der Waals surface area (Å²) in [5.74, 6) is 0.838. The van der Waals surface area contributed by atoms with Gasteiger partial charge in [0.25, 0.3) is 5.91 Å². The summed E-state index contributed by atoms with van der Waals surface area (Å²) in [4.78, 5) is 14.6. The van der Waals surface area contributed by atoms with Gasteiger partial charge in [-0.2, -0.15) is 0 Å². The van der Waals surface area contributed by atoms with Gasteiger partial charge in [-0.1, -0.05) is 6.07 Å². The molecule has 1 heterocycles. The number of piperidine rings is 1. The van der Waals surface area contributed by atoms with Crippen LogP contribution in [0.5, 0.6) is 0 Å². The summed E-state index contributed by atoms with van der Waals surface area (Å²) >= 11 is 0. The van der Waals surface area contributed by atoms with E-state index >= 15 is 0 Å². The Morgan fingerprint density at radius 3 is 2.48 bits per heavy atom. The molecule has 1 saturated heterocycles. The monoisotopic (exact) mass is 365 g/mol. The van der Waals surface area contributed by atoms with E-state index in [-0.39, 0.29) is 5.91 Å². The molecule has 0 aromatic heterocycles. The van der Waals surface area contributed by atoms with Crippen molar-refractivity contribution in [3.8, 4) is 0 Å². The zero-order chi connectivity index (χ0) is 18.0. The first-order chi connectivity index (χ1) is 11.8. The third-order valence-electron chi connectivity index (χ3n) is 4.95. The van der Waals surface area contributed by atoms with E-state index in [2.05, 4.69) is 10.0 Å². The molecule has 2 N–H and O–H groups in total. The van der Waals surface area contributed by atoms with E-state index in [0.717, 1.165) is 50.2 Å². The molecule has 3 rings (SSSR count). The van der Waals surface area contributed by atoms with Crippen molar-refractivity contribution in [1.29, 1.82) is 0 Å². The Kier molecular flexibility index (Phi) is 5.34. The summed E-state index contributed by atoms with van der Waals surface area (Å²) in [5, 5.41) is 3.61. The molecular weight excluding hydrogens is 338 g/mol. The van der Waals surface area contributed by atoms with Crippen molar-refractivity contribution in [2.24, 2.45) is 5.92 Å². The highest BCUT2D eigenvalue weighted by atomic mass is 32.2. The molecule has 1 aromatic carbocycles. The number of carbonyl (C=O) groups excluding carboxylic acids is 1. The number of hydrogen-bond donors (Lipinski definition) is 2. The molecule has 1 aliphatic heterocycles. The Morgan fingerprint density at radius 1 is 1.20 bits per heavy atom. The maximum atomic E-state index is 12.7. The maximum Gasteiger partial charge on any atom is 0.253 e. The molecule has 0 unspecified atom stereocenters. The smallest absolute Gasteiger partial charge is 0.253 e. The van der Waals surface area contributed by atoms with E-state index in [9.17, 15) is 13.2 Å². The number of amides is 1. The highest BCUT2D eigenvalue weighted by molar-refractivity contribution is 7.92. The predicted molar refractivity (Wildman–Crippen MR) is 99.3 cm³/mol. The van der Waals surface area contributed by atoms with Crippen LogP contribution in [0.3, 0.4) is 0 Å². The Labute approximate surface area is 150 Å². The molecule has 0 atom stereocenters. The van der Waals surface area contributed by atoms with Gasteiger partial charge in [0.15, 0.2) is 0 Å². The second-order valence-corrected chi connectivity index (χ2v) is 9.07. The highest BCUT2D eigenvalue weighted by Gasteiger charge is 2.26. The van der Waals surface area contributed by atoms with Gasteiger partial charge in [0.2, 0.25) is 10.0 Å². The number of nitrogens with one attached hydrogen (secondary N) is 2. The predicted octanol–water partition coefficient (Wildman–Crippen LogP) is 1.97. The number of anilines is 1. The topological polar surface area (TPSA) is 78.5 Å². The Morgan fingerprint density at radius 2 is 1.88 bits per heavy atom.